The van der Waals surface area contributed by atoms with Gasteiger partial charge in [-0.15, -0.1) is 0 Å². The van der Waals surface area contributed by atoms with Crippen LogP contribution in [0.4, 0.5) is 5.69 Å². The molecule has 0 radical (unpaired) electrons. The molecule has 158 valence electrons. The summed E-state index contributed by atoms with van der Waals surface area (Å²) in [6.45, 7) is 4.87. The van der Waals surface area contributed by atoms with Gasteiger partial charge in [0.2, 0.25) is 0 Å². The number of piperidine rings is 1. The van der Waals surface area contributed by atoms with Crippen LogP contribution in [-0.4, -0.2) is 53.4 Å². The second kappa shape index (κ2) is 8.45. The molecule has 2 aromatic carbocycles. The summed E-state index contributed by atoms with van der Waals surface area (Å²) in [4.78, 5) is 2.45. The molecule has 6 nitrogen and oxygen atoms in total. The molecule has 29 heavy (non-hydrogen) atoms. The van der Waals surface area contributed by atoms with Gasteiger partial charge in [0.25, 0.3) is 0 Å². The van der Waals surface area contributed by atoms with Crippen molar-refractivity contribution in [2.75, 3.05) is 30.9 Å². The van der Waals surface area contributed by atoms with Gasteiger partial charge in [-0.05, 0) is 49.1 Å². The summed E-state index contributed by atoms with van der Waals surface area (Å²) in [7, 11) is -7.04. The monoisotopic (exact) mass is 436 g/mol. The molecule has 1 fully saturated rings. The smallest absolute Gasteiger partial charge is 0.177 e. The predicted molar refractivity (Wildman–Crippen MR) is 116 cm³/mol. The van der Waals surface area contributed by atoms with Crippen molar-refractivity contribution in [3.8, 4) is 0 Å². The number of sulfone groups is 2. The highest BCUT2D eigenvalue weighted by atomic mass is 32.2. The van der Waals surface area contributed by atoms with E-state index in [0.717, 1.165) is 45.0 Å². The molecule has 8 heteroatoms. The van der Waals surface area contributed by atoms with Crippen LogP contribution in [0.5, 0.6) is 0 Å². The molecule has 0 unspecified atom stereocenters. The second-order valence-corrected chi connectivity index (χ2v) is 11.8. The Balaban J connectivity index is 1.69. The zero-order chi connectivity index (χ0) is 21.2. The number of hydrogen-bond acceptors (Lipinski definition) is 6. The summed E-state index contributed by atoms with van der Waals surface area (Å²) in [5, 5.41) is 3.33. The van der Waals surface area contributed by atoms with Gasteiger partial charge in [-0.2, -0.15) is 0 Å². The van der Waals surface area contributed by atoms with Crippen molar-refractivity contribution < 1.29 is 16.8 Å². The molecule has 0 aromatic heterocycles. The first-order valence-corrected chi connectivity index (χ1v) is 13.4. The third-order valence-electron chi connectivity index (χ3n) is 5.38. The molecule has 3 rings (SSSR count). The number of nitrogens with one attached hydrogen (secondary N) is 1. The van der Waals surface area contributed by atoms with Crippen molar-refractivity contribution in [2.45, 2.75) is 42.1 Å². The van der Waals surface area contributed by atoms with E-state index in [0.29, 0.717) is 5.69 Å². The first-order chi connectivity index (χ1) is 13.5. The van der Waals surface area contributed by atoms with Crippen LogP contribution in [0, 0.1) is 6.92 Å². The van der Waals surface area contributed by atoms with Gasteiger partial charge in [0.05, 0.1) is 15.5 Å². The topological polar surface area (TPSA) is 83.6 Å². The Morgan fingerprint density at radius 2 is 1.62 bits per heavy atom. The normalized spacial score (nSPS) is 16.7. The van der Waals surface area contributed by atoms with Crippen molar-refractivity contribution in [1.29, 1.82) is 0 Å². The van der Waals surface area contributed by atoms with E-state index in [-0.39, 0.29) is 15.8 Å². The first kappa shape index (κ1) is 21.8. The lowest BCUT2D eigenvalue weighted by molar-refractivity contribution is 0.211. The van der Waals surface area contributed by atoms with Crippen LogP contribution in [-0.2, 0) is 26.2 Å². The van der Waals surface area contributed by atoms with E-state index in [1.54, 1.807) is 6.07 Å². The highest BCUT2D eigenvalue weighted by molar-refractivity contribution is 7.91. The summed E-state index contributed by atoms with van der Waals surface area (Å²) in [5.41, 5.74) is 3.09. The van der Waals surface area contributed by atoms with E-state index >= 15 is 0 Å². The van der Waals surface area contributed by atoms with Gasteiger partial charge in [-0.1, -0.05) is 24.3 Å². The van der Waals surface area contributed by atoms with E-state index in [1.807, 2.05) is 6.07 Å². The van der Waals surface area contributed by atoms with Crippen LogP contribution in [0.2, 0.25) is 0 Å². The molecular formula is C21H28N2O4S2. The Bertz CT molecular complexity index is 1090. The van der Waals surface area contributed by atoms with Crippen LogP contribution in [0.25, 0.3) is 0 Å². The largest absolute Gasteiger partial charge is 0.381 e. The minimum atomic E-state index is -3.56. The zero-order valence-corrected chi connectivity index (χ0v) is 18.7. The number of likely N-dealkylation sites (tertiary alicyclic amines) is 1. The van der Waals surface area contributed by atoms with E-state index in [9.17, 15) is 16.8 Å². The number of rotatable bonds is 6. The summed E-state index contributed by atoms with van der Waals surface area (Å²) in [6.07, 6.45) is 3.96. The molecule has 0 spiro atoms. The average molecular weight is 437 g/mol. The lowest BCUT2D eigenvalue weighted by Crippen LogP contribution is -2.39. The van der Waals surface area contributed by atoms with Gasteiger partial charge in [-0.3, -0.25) is 4.90 Å². The molecule has 2 aromatic rings. The average Bonchev–Trinajstić information content (AvgIpc) is 2.64. The summed E-state index contributed by atoms with van der Waals surface area (Å²) in [5.74, 6) is 0. The highest BCUT2D eigenvalue weighted by Crippen LogP contribution is 2.27. The van der Waals surface area contributed by atoms with Crippen molar-refractivity contribution >= 4 is 25.4 Å². The third-order valence-corrected chi connectivity index (χ3v) is 7.63. The van der Waals surface area contributed by atoms with Crippen LogP contribution in [0.15, 0.2) is 52.3 Å². The molecule has 0 bridgehead atoms. The van der Waals surface area contributed by atoms with Crippen molar-refractivity contribution in [3.05, 3.63) is 53.6 Å². The fourth-order valence-corrected chi connectivity index (χ4v) is 5.23. The predicted octanol–water partition coefficient (Wildman–Crippen LogP) is 2.88. The minimum absolute atomic E-state index is 0.0107. The highest BCUT2D eigenvalue weighted by Gasteiger charge is 2.23. The number of hydrogen-bond donors (Lipinski definition) is 1. The lowest BCUT2D eigenvalue weighted by Gasteiger charge is -2.33. The number of benzene rings is 2. The quantitative estimate of drug-likeness (QED) is 0.750. The van der Waals surface area contributed by atoms with Gasteiger partial charge in [0, 0.05) is 38.2 Å². The maximum atomic E-state index is 12.2. The second-order valence-electron chi connectivity index (χ2n) is 7.82. The van der Waals surface area contributed by atoms with Gasteiger partial charge >= 0.3 is 0 Å². The molecule has 1 heterocycles. The zero-order valence-electron chi connectivity index (χ0n) is 17.1. The first-order valence-electron chi connectivity index (χ1n) is 9.61. The van der Waals surface area contributed by atoms with Crippen LogP contribution >= 0.6 is 0 Å². The van der Waals surface area contributed by atoms with E-state index < -0.39 is 19.7 Å². The maximum Gasteiger partial charge on any atom is 0.177 e. The van der Waals surface area contributed by atoms with Crippen LogP contribution < -0.4 is 5.32 Å². The number of nitrogens with zero attached hydrogens (tertiary/aromatic N) is 1. The van der Waals surface area contributed by atoms with Crippen molar-refractivity contribution in [3.63, 3.8) is 0 Å². The summed E-state index contributed by atoms with van der Waals surface area (Å²) >= 11 is 0. The third kappa shape index (κ3) is 5.58. The SMILES string of the molecule is Cc1ccccc1CN1CCC(Nc2ccc(S(C)(=O)=O)cc2S(C)(=O)=O)CC1. The van der Waals surface area contributed by atoms with E-state index in [2.05, 4.69) is 35.3 Å². The number of anilines is 1. The Morgan fingerprint density at radius 1 is 0.966 bits per heavy atom. The standard InChI is InChI=1S/C21H28N2O4S2/c1-16-6-4-5-7-17(16)15-23-12-10-18(11-13-23)22-20-9-8-19(28(2,24)25)14-21(20)29(3,26)27/h4-9,14,18,22H,10-13,15H2,1-3H3. The fraction of sp³-hybridized carbons (Fsp3) is 0.429. The fourth-order valence-electron chi connectivity index (χ4n) is 3.64. The lowest BCUT2D eigenvalue weighted by atomic mass is 10.0. The number of aryl methyl sites for hydroxylation is 1. The van der Waals surface area contributed by atoms with Crippen LogP contribution in [0.1, 0.15) is 24.0 Å². The Morgan fingerprint density at radius 3 is 2.21 bits per heavy atom. The van der Waals surface area contributed by atoms with Gasteiger partial charge in [0.15, 0.2) is 19.7 Å². The van der Waals surface area contributed by atoms with Crippen molar-refractivity contribution in [2.24, 2.45) is 0 Å². The van der Waals surface area contributed by atoms with E-state index in [1.165, 1.54) is 23.3 Å². The van der Waals surface area contributed by atoms with E-state index in [4.69, 9.17) is 0 Å². The molecule has 1 N–H and O–H groups in total. The van der Waals surface area contributed by atoms with Crippen molar-refractivity contribution in [1.82, 2.24) is 4.90 Å². The molecular weight excluding hydrogens is 408 g/mol. The van der Waals surface area contributed by atoms with Gasteiger partial charge in [-0.25, -0.2) is 16.8 Å². The summed E-state index contributed by atoms with van der Waals surface area (Å²) < 4.78 is 48.0. The molecule has 0 aliphatic carbocycles. The molecule has 1 saturated heterocycles. The minimum Gasteiger partial charge on any atom is -0.381 e. The molecule has 0 amide bonds. The van der Waals surface area contributed by atoms with Gasteiger partial charge < -0.3 is 5.32 Å². The molecule has 0 atom stereocenters. The Kier molecular flexibility index (Phi) is 6.36. The molecule has 1 aliphatic heterocycles. The Hall–Kier alpha value is -1.90. The molecule has 0 saturated carbocycles. The van der Waals surface area contributed by atoms with Crippen LogP contribution in [0.3, 0.4) is 0 Å². The molecule has 1 aliphatic rings. The summed E-state index contributed by atoms with van der Waals surface area (Å²) in [6, 6.07) is 12.8. The Labute approximate surface area is 173 Å². The van der Waals surface area contributed by atoms with Gasteiger partial charge in [0.1, 0.15) is 0 Å². The maximum absolute atomic E-state index is 12.2.